The van der Waals surface area contributed by atoms with Crippen molar-refractivity contribution in [3.63, 3.8) is 0 Å². The number of amides is 1. The number of likely N-dealkylation sites (tertiary alicyclic amines) is 1. The van der Waals surface area contributed by atoms with Crippen LogP contribution in [0, 0.1) is 6.92 Å². The van der Waals surface area contributed by atoms with E-state index in [-0.39, 0.29) is 24.1 Å². The first-order chi connectivity index (χ1) is 14.5. The van der Waals surface area contributed by atoms with E-state index in [1.807, 2.05) is 24.3 Å². The van der Waals surface area contributed by atoms with Gasteiger partial charge in [0.2, 0.25) is 11.8 Å². The summed E-state index contributed by atoms with van der Waals surface area (Å²) in [5, 5.41) is 4.85. The summed E-state index contributed by atoms with van der Waals surface area (Å²) < 4.78 is 7.22. The maximum Gasteiger partial charge on any atom is 0.267 e. The van der Waals surface area contributed by atoms with Crippen molar-refractivity contribution in [2.24, 2.45) is 0 Å². The number of oxazole rings is 1. The molecule has 1 saturated heterocycles. The average molecular weight is 427 g/mol. The van der Waals surface area contributed by atoms with Crippen LogP contribution >= 0.6 is 11.6 Å². The molecule has 1 aliphatic heterocycles. The van der Waals surface area contributed by atoms with Crippen LogP contribution < -0.4 is 5.56 Å². The number of rotatable bonds is 5. The van der Waals surface area contributed by atoms with Crippen LogP contribution in [0.1, 0.15) is 48.2 Å². The Labute approximate surface area is 179 Å². The normalized spacial score (nSPS) is 16.6. The predicted octanol–water partition coefficient (Wildman–Crippen LogP) is 3.54. The first kappa shape index (κ1) is 20.3. The van der Waals surface area contributed by atoms with Gasteiger partial charge in [-0.1, -0.05) is 29.8 Å². The molecule has 1 aromatic carbocycles. The van der Waals surface area contributed by atoms with Gasteiger partial charge in [-0.3, -0.25) is 9.59 Å². The summed E-state index contributed by atoms with van der Waals surface area (Å²) in [4.78, 5) is 31.2. The topological polar surface area (TPSA) is 81.2 Å². The number of benzene rings is 1. The van der Waals surface area contributed by atoms with Crippen molar-refractivity contribution >= 4 is 17.5 Å². The van der Waals surface area contributed by atoms with Gasteiger partial charge in [0.25, 0.3) is 5.56 Å². The van der Waals surface area contributed by atoms with Gasteiger partial charge in [0.05, 0.1) is 11.9 Å². The van der Waals surface area contributed by atoms with Gasteiger partial charge in [0.1, 0.15) is 18.3 Å². The molecule has 1 aliphatic rings. The van der Waals surface area contributed by atoms with E-state index < -0.39 is 0 Å². The molecular formula is C22H23ClN4O3. The molecule has 156 valence electrons. The van der Waals surface area contributed by atoms with Gasteiger partial charge < -0.3 is 9.32 Å². The largest absolute Gasteiger partial charge is 0.443 e. The highest BCUT2D eigenvalue weighted by atomic mass is 35.5. The maximum absolute atomic E-state index is 13.0. The zero-order valence-electron chi connectivity index (χ0n) is 16.8. The smallest absolute Gasteiger partial charge is 0.267 e. The second-order valence-corrected chi connectivity index (χ2v) is 7.91. The fourth-order valence-corrected chi connectivity index (χ4v) is 3.96. The molecule has 0 radical (unpaired) electrons. The lowest BCUT2D eigenvalue weighted by atomic mass is 10.0. The number of hydrogen-bond acceptors (Lipinski definition) is 5. The Hall–Kier alpha value is -2.93. The van der Waals surface area contributed by atoms with E-state index in [2.05, 4.69) is 10.1 Å². The molecular weight excluding hydrogens is 404 g/mol. The van der Waals surface area contributed by atoms with Crippen molar-refractivity contribution in [1.29, 1.82) is 0 Å². The second kappa shape index (κ2) is 8.83. The summed E-state index contributed by atoms with van der Waals surface area (Å²) in [5.74, 6) is 1.06. The molecule has 1 fully saturated rings. The summed E-state index contributed by atoms with van der Waals surface area (Å²) in [6.07, 6.45) is 4.90. The molecule has 2 aromatic heterocycles. The van der Waals surface area contributed by atoms with Crippen molar-refractivity contribution in [3.8, 4) is 0 Å². The van der Waals surface area contributed by atoms with E-state index in [0.29, 0.717) is 35.3 Å². The molecule has 0 aliphatic carbocycles. The quantitative estimate of drug-likeness (QED) is 0.623. The molecule has 8 heteroatoms. The van der Waals surface area contributed by atoms with Crippen LogP contribution in [0.5, 0.6) is 0 Å². The number of aryl methyl sites for hydroxylation is 1. The summed E-state index contributed by atoms with van der Waals surface area (Å²) in [5.41, 5.74) is 1.36. The molecule has 0 unspecified atom stereocenters. The molecule has 0 bridgehead atoms. The molecule has 4 rings (SSSR count). The van der Waals surface area contributed by atoms with Crippen molar-refractivity contribution in [2.75, 3.05) is 6.54 Å². The van der Waals surface area contributed by atoms with Gasteiger partial charge in [0.15, 0.2) is 0 Å². The van der Waals surface area contributed by atoms with Crippen molar-refractivity contribution < 1.29 is 9.21 Å². The first-order valence-electron chi connectivity index (χ1n) is 10.0. The lowest BCUT2D eigenvalue weighted by Crippen LogP contribution is -2.42. The Kier molecular flexibility index (Phi) is 5.99. The molecule has 7 nitrogen and oxygen atoms in total. The molecule has 0 N–H and O–H groups in total. The molecule has 1 atom stereocenters. The third-order valence-corrected chi connectivity index (χ3v) is 5.66. The molecule has 0 spiro atoms. The van der Waals surface area contributed by atoms with Crippen molar-refractivity contribution in [2.45, 2.75) is 45.2 Å². The van der Waals surface area contributed by atoms with Crippen LogP contribution in [0.25, 0.3) is 0 Å². The van der Waals surface area contributed by atoms with Gasteiger partial charge in [0, 0.05) is 24.1 Å². The average Bonchev–Trinajstić information content (AvgIpc) is 3.21. The minimum atomic E-state index is -0.291. The van der Waals surface area contributed by atoms with E-state index in [9.17, 15) is 9.59 Å². The molecule has 3 heterocycles. The molecule has 30 heavy (non-hydrogen) atoms. The van der Waals surface area contributed by atoms with Crippen LogP contribution in [0.4, 0.5) is 0 Å². The Morgan fingerprint density at radius 2 is 2.07 bits per heavy atom. The lowest BCUT2D eigenvalue weighted by molar-refractivity contribution is -0.136. The third-order valence-electron chi connectivity index (χ3n) is 5.29. The number of carbonyl (C=O) groups excluding carboxylic acids is 1. The minimum absolute atomic E-state index is 0.0931. The summed E-state index contributed by atoms with van der Waals surface area (Å²) in [6, 6.07) is 10.4. The molecule has 3 aromatic rings. The molecule has 1 amide bonds. The third kappa shape index (κ3) is 4.46. The van der Waals surface area contributed by atoms with Crippen LogP contribution in [-0.2, 0) is 17.8 Å². The van der Waals surface area contributed by atoms with Crippen molar-refractivity contribution in [1.82, 2.24) is 19.7 Å². The standard InChI is InChI=1S/C22H23ClN4O3/c1-15-9-10-20(28)27(25-15)14-21(29)26-11-5-4-8-19(26)22-24-13-17(30-22)12-16-6-2-3-7-18(16)23/h2-3,6-7,9-10,13,19H,4-5,8,11-12,14H2,1H3/t19-/m1/s1. The fourth-order valence-electron chi connectivity index (χ4n) is 3.76. The highest BCUT2D eigenvalue weighted by Gasteiger charge is 2.31. The van der Waals surface area contributed by atoms with E-state index in [0.717, 1.165) is 24.8 Å². The Morgan fingerprint density at radius 1 is 1.23 bits per heavy atom. The lowest BCUT2D eigenvalue weighted by Gasteiger charge is -2.33. The molecule has 0 saturated carbocycles. The zero-order chi connectivity index (χ0) is 21.1. The number of hydrogen-bond donors (Lipinski definition) is 0. The van der Waals surface area contributed by atoms with Crippen LogP contribution in [-0.4, -0.2) is 32.1 Å². The van der Waals surface area contributed by atoms with Crippen molar-refractivity contribution in [3.05, 3.63) is 80.9 Å². The van der Waals surface area contributed by atoms with E-state index in [4.69, 9.17) is 16.0 Å². The van der Waals surface area contributed by atoms with E-state index in [1.54, 1.807) is 24.1 Å². The highest BCUT2D eigenvalue weighted by Crippen LogP contribution is 2.31. The van der Waals surface area contributed by atoms with Gasteiger partial charge in [-0.15, -0.1) is 0 Å². The van der Waals surface area contributed by atoms with Gasteiger partial charge in [-0.05, 0) is 43.9 Å². The van der Waals surface area contributed by atoms with Gasteiger partial charge >= 0.3 is 0 Å². The predicted molar refractivity (Wildman–Crippen MR) is 112 cm³/mol. The van der Waals surface area contributed by atoms with Gasteiger partial charge in [-0.2, -0.15) is 5.10 Å². The number of aromatic nitrogens is 3. The SMILES string of the molecule is Cc1ccc(=O)n(CC(=O)N2CCCC[C@@H]2c2ncc(Cc3ccccc3Cl)o2)n1. The van der Waals surface area contributed by atoms with Crippen LogP contribution in [0.15, 0.2) is 51.8 Å². The van der Waals surface area contributed by atoms with E-state index >= 15 is 0 Å². The summed E-state index contributed by atoms with van der Waals surface area (Å²) in [6.45, 7) is 2.30. The van der Waals surface area contributed by atoms with E-state index in [1.165, 1.54) is 10.7 Å². The number of carbonyl (C=O) groups is 1. The number of halogens is 1. The van der Waals surface area contributed by atoms with Crippen LogP contribution in [0.2, 0.25) is 5.02 Å². The summed E-state index contributed by atoms with van der Waals surface area (Å²) >= 11 is 6.25. The highest BCUT2D eigenvalue weighted by molar-refractivity contribution is 6.31. The minimum Gasteiger partial charge on any atom is -0.443 e. The Morgan fingerprint density at radius 3 is 2.90 bits per heavy atom. The first-order valence-corrected chi connectivity index (χ1v) is 10.4. The number of nitrogens with zero attached hydrogens (tertiary/aromatic N) is 4. The summed E-state index contributed by atoms with van der Waals surface area (Å²) in [7, 11) is 0. The second-order valence-electron chi connectivity index (χ2n) is 7.50. The Bertz CT molecular complexity index is 1110. The number of piperidine rings is 1. The monoisotopic (exact) mass is 426 g/mol. The zero-order valence-corrected chi connectivity index (χ0v) is 17.5. The van der Waals surface area contributed by atoms with Crippen LogP contribution in [0.3, 0.4) is 0 Å². The van der Waals surface area contributed by atoms with Gasteiger partial charge in [-0.25, -0.2) is 9.67 Å². The fraction of sp³-hybridized carbons (Fsp3) is 0.364. The Balaban J connectivity index is 1.52. The maximum atomic E-state index is 13.0.